The van der Waals surface area contributed by atoms with Crippen molar-refractivity contribution in [3.63, 3.8) is 0 Å². The number of nitrogens with two attached hydrogens (primary N) is 1. The van der Waals surface area contributed by atoms with Gasteiger partial charge >= 0.3 is 5.97 Å². The molecular weight excluding hydrogens is 636 g/mol. The van der Waals surface area contributed by atoms with Crippen LogP contribution in [0.25, 0.3) is 0 Å². The first-order chi connectivity index (χ1) is 20.8. The van der Waals surface area contributed by atoms with E-state index >= 15 is 0 Å². The summed E-state index contributed by atoms with van der Waals surface area (Å²) in [4.78, 5) is 98.2. The Morgan fingerprint density at radius 3 is 1.20 bits per heavy atom. The molecule has 0 unspecified atom stereocenters. The van der Waals surface area contributed by atoms with Crippen LogP contribution in [0.1, 0.15) is 41.5 Å². The number of aliphatic hydroxyl groups is 1. The highest BCUT2D eigenvalue weighted by molar-refractivity contribution is 7.80. The van der Waals surface area contributed by atoms with Gasteiger partial charge in [0.25, 0.3) is 0 Å². The van der Waals surface area contributed by atoms with Crippen molar-refractivity contribution >= 4 is 72.6 Å². The molecule has 7 amide bonds. The lowest BCUT2D eigenvalue weighted by atomic mass is 10.1. The largest absolute Gasteiger partial charge is 0.480 e. The molecule has 0 aliphatic heterocycles. The van der Waals surface area contributed by atoms with Crippen molar-refractivity contribution < 1.29 is 48.6 Å². The summed E-state index contributed by atoms with van der Waals surface area (Å²) in [5.41, 5.74) is 5.48. The molecule has 9 atom stereocenters. The van der Waals surface area contributed by atoms with Gasteiger partial charge in [-0.2, -0.15) is 25.3 Å². The number of thiol groups is 2. The Bertz CT molecular complexity index is 1110. The number of rotatable bonds is 18. The predicted octanol–water partition coefficient (Wildman–Crippen LogP) is -4.87. The van der Waals surface area contributed by atoms with Crippen LogP contribution in [0.5, 0.6) is 0 Å². The molecular formula is C25H44N8O10S2. The number of amides is 7. The van der Waals surface area contributed by atoms with Gasteiger partial charge < -0.3 is 53.2 Å². The first-order valence-electron chi connectivity index (χ1n) is 13.8. The highest BCUT2D eigenvalue weighted by Gasteiger charge is 2.33. The highest BCUT2D eigenvalue weighted by Crippen LogP contribution is 2.00. The number of hydrogen-bond donors (Lipinski definition) is 12. The average molecular weight is 681 g/mol. The Morgan fingerprint density at radius 1 is 0.533 bits per heavy atom. The van der Waals surface area contributed by atoms with Crippen molar-refractivity contribution in [2.75, 3.05) is 11.5 Å². The standard InChI is InChI=1S/C25H44N8O10S2/c1-9(26)18(35)31-15(7-44)22(39)29-12(4)21(38)33-17(14(6)34)24(41)32-16(8-45)23(40)28-11(3)19(36)27-10(2)20(37)30-13(5)25(42)43/h9-17,34,44-45H,7-8,26H2,1-6H3,(H,27,36)(H,28,40)(H,29,39)(H,30,37)(H,31,35)(H,32,41)(H,33,38)(H,42,43)/t9-,10-,11-,12-,13-,14+,15-,16-,17-/m0/s1. The topological polar surface area (TPSA) is 287 Å². The number of carboxylic acids is 1. The summed E-state index contributed by atoms with van der Waals surface area (Å²) in [6, 6.07) is -9.71. The van der Waals surface area contributed by atoms with Crippen molar-refractivity contribution in [2.24, 2.45) is 5.73 Å². The Hall–Kier alpha value is -3.62. The Labute approximate surface area is 271 Å². The summed E-state index contributed by atoms with van der Waals surface area (Å²) in [7, 11) is 0. The molecule has 0 bridgehead atoms. The van der Waals surface area contributed by atoms with Crippen LogP contribution in [-0.4, -0.2) is 123 Å². The lowest BCUT2D eigenvalue weighted by Crippen LogP contribution is -2.61. The van der Waals surface area contributed by atoms with Crippen LogP contribution in [0.4, 0.5) is 0 Å². The van der Waals surface area contributed by atoms with Crippen LogP contribution in [0.2, 0.25) is 0 Å². The van der Waals surface area contributed by atoms with E-state index in [2.05, 4.69) is 62.5 Å². The smallest absolute Gasteiger partial charge is 0.325 e. The quantitative estimate of drug-likeness (QED) is 0.0610. The van der Waals surface area contributed by atoms with Crippen molar-refractivity contribution in [3.8, 4) is 0 Å². The van der Waals surface area contributed by atoms with Crippen LogP contribution in [-0.2, 0) is 38.4 Å². The molecule has 0 saturated heterocycles. The maximum atomic E-state index is 12.9. The Kier molecular flexibility index (Phi) is 18.1. The van der Waals surface area contributed by atoms with Crippen LogP contribution in [0.3, 0.4) is 0 Å². The van der Waals surface area contributed by atoms with Crippen molar-refractivity contribution in [2.45, 2.75) is 96.0 Å². The van der Waals surface area contributed by atoms with Crippen molar-refractivity contribution in [1.82, 2.24) is 37.2 Å². The second-order valence-corrected chi connectivity index (χ2v) is 11.0. The summed E-state index contributed by atoms with van der Waals surface area (Å²) >= 11 is 8.05. The van der Waals surface area contributed by atoms with Crippen LogP contribution < -0.4 is 43.0 Å². The molecule has 20 heteroatoms. The van der Waals surface area contributed by atoms with E-state index in [-0.39, 0.29) is 11.5 Å². The molecule has 0 saturated carbocycles. The van der Waals surface area contributed by atoms with E-state index in [1.54, 1.807) is 0 Å². The summed E-state index contributed by atoms with van der Waals surface area (Å²) in [6.45, 7) is 7.75. The third-order valence-corrected chi connectivity index (χ3v) is 6.82. The molecule has 0 spiro atoms. The summed E-state index contributed by atoms with van der Waals surface area (Å²) in [6.07, 6.45) is -1.46. The summed E-state index contributed by atoms with van der Waals surface area (Å²) in [5, 5.41) is 35.2. The lowest BCUT2D eigenvalue weighted by Gasteiger charge is -2.26. The zero-order valence-corrected chi connectivity index (χ0v) is 27.5. The number of hydrogen-bond acceptors (Lipinski definition) is 12. The van der Waals surface area contributed by atoms with Gasteiger partial charge in [-0.15, -0.1) is 0 Å². The van der Waals surface area contributed by atoms with Gasteiger partial charge in [-0.3, -0.25) is 38.4 Å². The van der Waals surface area contributed by atoms with Crippen molar-refractivity contribution in [1.29, 1.82) is 0 Å². The fourth-order valence-corrected chi connectivity index (χ4v) is 3.71. The third-order valence-electron chi connectivity index (χ3n) is 6.09. The fraction of sp³-hybridized carbons (Fsp3) is 0.680. The van der Waals surface area contributed by atoms with E-state index in [1.165, 1.54) is 41.5 Å². The second-order valence-electron chi connectivity index (χ2n) is 10.3. The third kappa shape index (κ3) is 14.4. The Balaban J connectivity index is 5.25. The summed E-state index contributed by atoms with van der Waals surface area (Å²) in [5.74, 6) is -7.30. The zero-order valence-electron chi connectivity index (χ0n) is 25.7. The molecule has 0 fully saturated rings. The monoisotopic (exact) mass is 680 g/mol. The van der Waals surface area contributed by atoms with Gasteiger partial charge in [0, 0.05) is 11.5 Å². The molecule has 0 aromatic heterocycles. The average Bonchev–Trinajstić information content (AvgIpc) is 2.95. The molecule has 0 rings (SSSR count). The van der Waals surface area contributed by atoms with E-state index in [1.807, 2.05) is 0 Å². The highest BCUT2D eigenvalue weighted by atomic mass is 32.1. The predicted molar refractivity (Wildman–Crippen MR) is 167 cm³/mol. The zero-order chi connectivity index (χ0) is 35.2. The molecule has 11 N–H and O–H groups in total. The Morgan fingerprint density at radius 2 is 0.867 bits per heavy atom. The SMILES string of the molecule is C[C@H](N)C(=O)N[C@@H](CS)C(=O)N[C@@H](C)C(=O)N[C@H](C(=O)N[C@@H](CS)C(=O)N[C@@H](C)C(=O)N[C@@H](C)C(=O)N[C@@H](C)C(=O)O)[C@@H](C)O. The van der Waals surface area contributed by atoms with E-state index in [9.17, 15) is 43.5 Å². The van der Waals surface area contributed by atoms with Crippen LogP contribution in [0.15, 0.2) is 0 Å². The molecule has 45 heavy (non-hydrogen) atoms. The van der Waals surface area contributed by atoms with Gasteiger partial charge in [0.2, 0.25) is 41.4 Å². The van der Waals surface area contributed by atoms with E-state index in [4.69, 9.17) is 10.8 Å². The van der Waals surface area contributed by atoms with Gasteiger partial charge in [0.15, 0.2) is 0 Å². The minimum atomic E-state index is -1.58. The molecule has 0 heterocycles. The molecule has 0 radical (unpaired) electrons. The molecule has 18 nitrogen and oxygen atoms in total. The van der Waals surface area contributed by atoms with Gasteiger partial charge in [-0.1, -0.05) is 0 Å². The molecule has 0 aliphatic carbocycles. The summed E-state index contributed by atoms with van der Waals surface area (Å²) < 4.78 is 0. The minimum Gasteiger partial charge on any atom is -0.480 e. The van der Waals surface area contributed by atoms with Gasteiger partial charge in [-0.25, -0.2) is 0 Å². The van der Waals surface area contributed by atoms with Crippen molar-refractivity contribution in [3.05, 3.63) is 0 Å². The molecule has 0 aliphatic rings. The maximum absolute atomic E-state index is 12.9. The fourth-order valence-electron chi connectivity index (χ4n) is 3.20. The maximum Gasteiger partial charge on any atom is 0.325 e. The van der Waals surface area contributed by atoms with E-state index in [0.29, 0.717) is 0 Å². The van der Waals surface area contributed by atoms with Gasteiger partial charge in [0.1, 0.15) is 42.3 Å². The number of carbonyl (C=O) groups excluding carboxylic acids is 7. The molecule has 0 aromatic rings. The lowest BCUT2D eigenvalue weighted by molar-refractivity contribution is -0.141. The minimum absolute atomic E-state index is 0.106. The number of carboxylic acid groups (broad SMARTS) is 1. The van der Waals surface area contributed by atoms with E-state index in [0.717, 1.165) is 0 Å². The molecule has 256 valence electrons. The van der Waals surface area contributed by atoms with Crippen LogP contribution in [0, 0.1) is 0 Å². The normalized spacial score (nSPS) is 16.8. The number of carbonyl (C=O) groups is 8. The number of nitrogens with one attached hydrogen (secondary N) is 7. The first-order valence-corrected chi connectivity index (χ1v) is 15.0. The molecule has 0 aromatic carbocycles. The van der Waals surface area contributed by atoms with Gasteiger partial charge in [-0.05, 0) is 41.5 Å². The van der Waals surface area contributed by atoms with Crippen LogP contribution >= 0.6 is 25.3 Å². The number of aliphatic carboxylic acids is 1. The van der Waals surface area contributed by atoms with Gasteiger partial charge in [0.05, 0.1) is 12.1 Å². The number of aliphatic hydroxyl groups excluding tert-OH is 1. The van der Waals surface area contributed by atoms with E-state index < -0.39 is 102 Å². The first kappa shape index (κ1) is 41.4. The second kappa shape index (κ2) is 19.7.